The first-order valence-electron chi connectivity index (χ1n) is 6.42. The van der Waals surface area contributed by atoms with Gasteiger partial charge < -0.3 is 5.32 Å². The Balaban J connectivity index is 1.61. The second-order valence-corrected chi connectivity index (χ2v) is 5.23. The van der Waals surface area contributed by atoms with Crippen LogP contribution < -0.4 is 5.32 Å². The maximum atomic E-state index is 11.9. The average Bonchev–Trinajstić information content (AvgIpc) is 2.91. The van der Waals surface area contributed by atoms with Gasteiger partial charge in [-0.05, 0) is 40.2 Å². The van der Waals surface area contributed by atoms with Crippen LogP contribution in [0.4, 0.5) is 0 Å². The van der Waals surface area contributed by atoms with Gasteiger partial charge in [-0.15, -0.1) is 10.2 Å². The highest BCUT2D eigenvalue weighted by Gasteiger charge is 2.07. The van der Waals surface area contributed by atoms with Gasteiger partial charge in [0.2, 0.25) is 0 Å². The summed E-state index contributed by atoms with van der Waals surface area (Å²) in [4.78, 5) is 16.0. The fourth-order valence-electron chi connectivity index (χ4n) is 1.96. The molecule has 0 aromatic carbocycles. The van der Waals surface area contributed by atoms with Crippen LogP contribution in [0, 0.1) is 0 Å². The number of fused-ring (bicyclic) bond motifs is 1. The van der Waals surface area contributed by atoms with Gasteiger partial charge in [-0.2, -0.15) is 0 Å². The van der Waals surface area contributed by atoms with Crippen LogP contribution in [-0.2, 0) is 6.42 Å². The molecule has 0 aliphatic rings. The molecular weight excluding hydrogens is 334 g/mol. The molecule has 0 fully saturated rings. The molecule has 0 saturated heterocycles. The number of hydrogen-bond acceptors (Lipinski definition) is 4. The van der Waals surface area contributed by atoms with E-state index in [2.05, 4.69) is 36.4 Å². The van der Waals surface area contributed by atoms with Crippen LogP contribution >= 0.6 is 15.9 Å². The van der Waals surface area contributed by atoms with Crippen molar-refractivity contribution in [2.45, 2.75) is 6.42 Å². The molecule has 3 aromatic rings. The van der Waals surface area contributed by atoms with Gasteiger partial charge in [0.05, 0.1) is 5.56 Å². The summed E-state index contributed by atoms with van der Waals surface area (Å²) in [7, 11) is 0. The van der Waals surface area contributed by atoms with Crippen molar-refractivity contribution in [2.24, 2.45) is 0 Å². The van der Waals surface area contributed by atoms with Gasteiger partial charge >= 0.3 is 0 Å². The Bertz CT molecular complexity index is 768. The Kier molecular flexibility index (Phi) is 3.92. The van der Waals surface area contributed by atoms with Gasteiger partial charge in [-0.1, -0.05) is 6.07 Å². The molecule has 3 rings (SSSR count). The topological polar surface area (TPSA) is 72.2 Å². The van der Waals surface area contributed by atoms with E-state index < -0.39 is 0 Å². The van der Waals surface area contributed by atoms with Crippen molar-refractivity contribution in [1.82, 2.24) is 24.9 Å². The van der Waals surface area contributed by atoms with Crippen LogP contribution in [0.1, 0.15) is 16.2 Å². The third-order valence-electron chi connectivity index (χ3n) is 3.01. The Morgan fingerprint density at radius 3 is 2.95 bits per heavy atom. The van der Waals surface area contributed by atoms with Crippen LogP contribution in [0.15, 0.2) is 47.3 Å². The molecule has 0 atom stereocenters. The van der Waals surface area contributed by atoms with E-state index in [1.54, 1.807) is 12.1 Å². The number of amides is 1. The summed E-state index contributed by atoms with van der Waals surface area (Å²) >= 11 is 3.24. The lowest BCUT2D eigenvalue weighted by Crippen LogP contribution is -2.26. The van der Waals surface area contributed by atoms with Crippen molar-refractivity contribution < 1.29 is 4.79 Å². The SMILES string of the molecule is O=C(NCCc1nnc2ccccn12)c1ccc(Br)nc1. The molecule has 0 unspecified atom stereocenters. The Labute approximate surface area is 129 Å². The fraction of sp³-hybridized carbons (Fsp3) is 0.143. The quantitative estimate of drug-likeness (QED) is 0.732. The molecule has 0 spiro atoms. The monoisotopic (exact) mass is 345 g/mol. The molecule has 7 heteroatoms. The highest BCUT2D eigenvalue weighted by molar-refractivity contribution is 9.10. The van der Waals surface area contributed by atoms with E-state index in [1.807, 2.05) is 28.8 Å². The lowest BCUT2D eigenvalue weighted by molar-refractivity contribution is 0.0953. The van der Waals surface area contributed by atoms with E-state index in [0.29, 0.717) is 23.1 Å². The molecule has 0 saturated carbocycles. The minimum absolute atomic E-state index is 0.149. The van der Waals surface area contributed by atoms with E-state index in [9.17, 15) is 4.79 Å². The van der Waals surface area contributed by atoms with Crippen LogP contribution in [0.5, 0.6) is 0 Å². The Morgan fingerprint density at radius 1 is 1.24 bits per heavy atom. The van der Waals surface area contributed by atoms with E-state index in [0.717, 1.165) is 11.5 Å². The van der Waals surface area contributed by atoms with E-state index >= 15 is 0 Å². The molecule has 106 valence electrons. The normalized spacial score (nSPS) is 10.7. The predicted octanol–water partition coefficient (Wildman–Crippen LogP) is 1.86. The number of pyridine rings is 2. The van der Waals surface area contributed by atoms with E-state index in [1.165, 1.54) is 6.20 Å². The van der Waals surface area contributed by atoms with Crippen molar-refractivity contribution in [3.05, 3.63) is 58.7 Å². The predicted molar refractivity (Wildman–Crippen MR) is 81.0 cm³/mol. The standard InChI is InChI=1S/C14H12BrN5O/c15-11-5-4-10(9-17-11)14(21)16-7-6-13-19-18-12-3-1-2-8-20(12)13/h1-5,8-9H,6-7H2,(H,16,21). The van der Waals surface area contributed by atoms with Crippen molar-refractivity contribution >= 4 is 27.5 Å². The summed E-state index contributed by atoms with van der Waals surface area (Å²) in [5, 5.41) is 11.0. The Hall–Kier alpha value is -2.28. The lowest BCUT2D eigenvalue weighted by Gasteiger charge is -2.04. The first-order chi connectivity index (χ1) is 10.2. The Morgan fingerprint density at radius 2 is 2.14 bits per heavy atom. The van der Waals surface area contributed by atoms with Gasteiger partial charge in [-0.25, -0.2) is 4.98 Å². The molecule has 0 aliphatic heterocycles. The van der Waals surface area contributed by atoms with Crippen molar-refractivity contribution in [3.8, 4) is 0 Å². The van der Waals surface area contributed by atoms with Crippen LogP contribution in [0.3, 0.4) is 0 Å². The number of rotatable bonds is 4. The average molecular weight is 346 g/mol. The number of carbonyl (C=O) groups excluding carboxylic acids is 1. The first kappa shape index (κ1) is 13.7. The maximum Gasteiger partial charge on any atom is 0.252 e. The minimum Gasteiger partial charge on any atom is -0.352 e. The van der Waals surface area contributed by atoms with E-state index in [-0.39, 0.29) is 5.91 Å². The van der Waals surface area contributed by atoms with Crippen LogP contribution in [0.2, 0.25) is 0 Å². The third-order valence-corrected chi connectivity index (χ3v) is 3.48. The molecule has 0 aliphatic carbocycles. The molecule has 0 bridgehead atoms. The molecule has 6 nitrogen and oxygen atoms in total. The highest BCUT2D eigenvalue weighted by atomic mass is 79.9. The van der Waals surface area contributed by atoms with Crippen molar-refractivity contribution in [2.75, 3.05) is 6.54 Å². The number of hydrogen-bond donors (Lipinski definition) is 1. The van der Waals surface area contributed by atoms with E-state index in [4.69, 9.17) is 0 Å². The number of nitrogens with zero attached hydrogens (tertiary/aromatic N) is 4. The van der Waals surface area contributed by atoms with Gasteiger partial charge in [0.25, 0.3) is 5.91 Å². The van der Waals surface area contributed by atoms with Crippen molar-refractivity contribution in [3.63, 3.8) is 0 Å². The molecule has 1 N–H and O–H groups in total. The summed E-state index contributed by atoms with van der Waals surface area (Å²) in [6.45, 7) is 0.491. The summed E-state index contributed by atoms with van der Waals surface area (Å²) in [6, 6.07) is 9.18. The summed E-state index contributed by atoms with van der Waals surface area (Å²) in [5.41, 5.74) is 1.33. The second kappa shape index (κ2) is 6.01. The minimum atomic E-state index is -0.149. The van der Waals surface area contributed by atoms with Crippen LogP contribution in [-0.4, -0.2) is 32.0 Å². The molecule has 3 heterocycles. The van der Waals surface area contributed by atoms with Gasteiger partial charge in [-0.3, -0.25) is 9.20 Å². The van der Waals surface area contributed by atoms with Gasteiger partial charge in [0.15, 0.2) is 5.65 Å². The van der Waals surface area contributed by atoms with Gasteiger partial charge in [0.1, 0.15) is 10.4 Å². The molecular formula is C14H12BrN5O. The molecule has 3 aromatic heterocycles. The van der Waals surface area contributed by atoms with Gasteiger partial charge in [0, 0.05) is 25.4 Å². The number of nitrogens with one attached hydrogen (secondary N) is 1. The summed E-state index contributed by atoms with van der Waals surface area (Å²) in [5.74, 6) is 0.670. The molecule has 1 amide bonds. The van der Waals surface area contributed by atoms with Crippen LogP contribution in [0.25, 0.3) is 5.65 Å². The molecule has 0 radical (unpaired) electrons. The lowest BCUT2D eigenvalue weighted by atomic mass is 10.2. The zero-order chi connectivity index (χ0) is 14.7. The smallest absolute Gasteiger partial charge is 0.252 e. The number of halogens is 1. The largest absolute Gasteiger partial charge is 0.352 e. The maximum absolute atomic E-state index is 11.9. The second-order valence-electron chi connectivity index (χ2n) is 4.42. The molecule has 21 heavy (non-hydrogen) atoms. The summed E-state index contributed by atoms with van der Waals surface area (Å²) < 4.78 is 2.61. The zero-order valence-corrected chi connectivity index (χ0v) is 12.6. The number of aromatic nitrogens is 4. The fourth-order valence-corrected chi connectivity index (χ4v) is 2.20. The summed E-state index contributed by atoms with van der Waals surface area (Å²) in [6.07, 6.45) is 4.05. The first-order valence-corrected chi connectivity index (χ1v) is 7.22. The zero-order valence-electron chi connectivity index (χ0n) is 11.0. The third kappa shape index (κ3) is 3.08. The van der Waals surface area contributed by atoms with Crippen molar-refractivity contribution in [1.29, 1.82) is 0 Å². The number of carbonyl (C=O) groups is 1. The highest BCUT2D eigenvalue weighted by Crippen LogP contribution is 2.06.